The molecule has 3 rings (SSSR count). The van der Waals surface area contributed by atoms with Crippen molar-refractivity contribution in [3.8, 4) is 5.75 Å². The molecule has 0 aliphatic rings. The van der Waals surface area contributed by atoms with Gasteiger partial charge in [0.25, 0.3) is 11.8 Å². The largest absolute Gasteiger partial charge is 0.497 e. The van der Waals surface area contributed by atoms with Gasteiger partial charge in [-0.15, -0.1) is 0 Å². The molecule has 6 nitrogen and oxygen atoms in total. The lowest BCUT2D eigenvalue weighted by Crippen LogP contribution is -2.17. The number of methoxy groups -OCH3 is 1. The smallest absolute Gasteiger partial charge is 0.274 e. The van der Waals surface area contributed by atoms with Crippen LogP contribution in [0.25, 0.3) is 0 Å². The second kappa shape index (κ2) is 8.09. The molecule has 0 unspecified atom stereocenters. The van der Waals surface area contributed by atoms with Crippen molar-refractivity contribution in [2.75, 3.05) is 17.7 Å². The van der Waals surface area contributed by atoms with E-state index in [-0.39, 0.29) is 11.3 Å². The fraction of sp³-hybridized carbons (Fsp3) is 0.0500. The number of ether oxygens (including phenoxy) is 1. The number of benzene rings is 2. The third kappa shape index (κ3) is 4.66. The average molecular weight is 365 g/mol. The van der Waals surface area contributed by atoms with Gasteiger partial charge in [0.05, 0.1) is 7.11 Å². The lowest BCUT2D eigenvalue weighted by Gasteiger charge is -2.08. The topological polar surface area (TPSA) is 80.3 Å². The first kappa shape index (κ1) is 18.1. The number of rotatable bonds is 5. The summed E-state index contributed by atoms with van der Waals surface area (Å²) in [5.74, 6) is -0.680. The van der Waals surface area contributed by atoms with Crippen LogP contribution < -0.4 is 15.4 Å². The van der Waals surface area contributed by atoms with E-state index in [4.69, 9.17) is 4.74 Å². The number of nitrogens with zero attached hydrogens (tertiary/aromatic N) is 1. The van der Waals surface area contributed by atoms with E-state index in [1.165, 1.54) is 49.7 Å². The summed E-state index contributed by atoms with van der Waals surface area (Å²) < 4.78 is 18.1. The van der Waals surface area contributed by atoms with E-state index < -0.39 is 17.6 Å². The number of amides is 2. The highest BCUT2D eigenvalue weighted by Crippen LogP contribution is 2.17. The van der Waals surface area contributed by atoms with Crippen LogP contribution >= 0.6 is 0 Å². The van der Waals surface area contributed by atoms with E-state index in [9.17, 15) is 14.0 Å². The SMILES string of the molecule is COc1cccc(NC(=O)c2cc(C(=O)Nc3ccc(F)cc3)ccn2)c1. The van der Waals surface area contributed by atoms with Crippen molar-refractivity contribution in [2.45, 2.75) is 0 Å². The Morgan fingerprint density at radius 2 is 1.67 bits per heavy atom. The Hall–Kier alpha value is -3.74. The first-order chi connectivity index (χ1) is 13.0. The number of hydrogen-bond acceptors (Lipinski definition) is 4. The van der Waals surface area contributed by atoms with Crippen LogP contribution in [-0.2, 0) is 0 Å². The van der Waals surface area contributed by atoms with Crippen LogP contribution in [0.1, 0.15) is 20.8 Å². The Morgan fingerprint density at radius 3 is 2.41 bits per heavy atom. The fourth-order valence-corrected chi connectivity index (χ4v) is 2.33. The molecule has 136 valence electrons. The maximum absolute atomic E-state index is 12.9. The molecule has 0 saturated carbocycles. The van der Waals surface area contributed by atoms with Crippen molar-refractivity contribution < 1.29 is 18.7 Å². The normalized spacial score (nSPS) is 10.1. The molecule has 0 spiro atoms. The molecular weight excluding hydrogens is 349 g/mol. The van der Waals surface area contributed by atoms with Crippen molar-refractivity contribution >= 4 is 23.2 Å². The zero-order valence-electron chi connectivity index (χ0n) is 14.4. The zero-order chi connectivity index (χ0) is 19.2. The monoisotopic (exact) mass is 365 g/mol. The summed E-state index contributed by atoms with van der Waals surface area (Å²) in [4.78, 5) is 28.7. The Balaban J connectivity index is 1.73. The van der Waals surface area contributed by atoms with Gasteiger partial charge in [0, 0.05) is 29.2 Å². The van der Waals surface area contributed by atoms with Gasteiger partial charge in [-0.05, 0) is 48.5 Å². The van der Waals surface area contributed by atoms with E-state index in [2.05, 4.69) is 15.6 Å². The summed E-state index contributed by atoms with van der Waals surface area (Å²) in [6, 6.07) is 15.1. The highest BCUT2D eigenvalue weighted by molar-refractivity contribution is 6.07. The van der Waals surface area contributed by atoms with Crippen molar-refractivity contribution in [3.63, 3.8) is 0 Å². The molecule has 2 aromatic carbocycles. The van der Waals surface area contributed by atoms with Crippen LogP contribution in [0.4, 0.5) is 15.8 Å². The number of halogens is 1. The second-order valence-electron chi connectivity index (χ2n) is 5.58. The number of hydrogen-bond donors (Lipinski definition) is 2. The van der Waals surface area contributed by atoms with Crippen LogP contribution in [0.3, 0.4) is 0 Å². The number of nitrogens with one attached hydrogen (secondary N) is 2. The molecular formula is C20H16FN3O3. The molecule has 3 aromatic rings. The molecule has 1 heterocycles. The quantitative estimate of drug-likeness (QED) is 0.722. The molecule has 2 N–H and O–H groups in total. The van der Waals surface area contributed by atoms with Gasteiger partial charge in [0.15, 0.2) is 0 Å². The Kier molecular flexibility index (Phi) is 5.41. The molecule has 0 aliphatic heterocycles. The van der Waals surface area contributed by atoms with Gasteiger partial charge in [-0.1, -0.05) is 6.07 Å². The molecule has 0 radical (unpaired) electrons. The minimum absolute atomic E-state index is 0.0876. The number of carbonyl (C=O) groups is 2. The predicted molar refractivity (Wildman–Crippen MR) is 99.5 cm³/mol. The highest BCUT2D eigenvalue weighted by atomic mass is 19.1. The summed E-state index contributed by atoms with van der Waals surface area (Å²) in [5.41, 5.74) is 1.33. The van der Waals surface area contributed by atoms with Crippen LogP contribution in [0.15, 0.2) is 66.9 Å². The molecule has 27 heavy (non-hydrogen) atoms. The summed E-state index contributed by atoms with van der Waals surface area (Å²) in [5, 5.41) is 5.33. The van der Waals surface area contributed by atoms with Gasteiger partial charge in [-0.3, -0.25) is 14.6 Å². The van der Waals surface area contributed by atoms with Crippen LogP contribution in [0.2, 0.25) is 0 Å². The molecule has 7 heteroatoms. The molecule has 0 atom stereocenters. The van der Waals surface area contributed by atoms with Crippen LogP contribution in [-0.4, -0.2) is 23.9 Å². The first-order valence-electron chi connectivity index (χ1n) is 8.03. The minimum Gasteiger partial charge on any atom is -0.497 e. The third-order valence-electron chi connectivity index (χ3n) is 3.68. The van der Waals surface area contributed by atoms with Gasteiger partial charge in [-0.25, -0.2) is 4.39 Å². The summed E-state index contributed by atoms with van der Waals surface area (Å²) in [7, 11) is 1.53. The Bertz CT molecular complexity index is 974. The Labute approximate surface area is 155 Å². The van der Waals surface area contributed by atoms with Gasteiger partial charge < -0.3 is 15.4 Å². The van der Waals surface area contributed by atoms with Crippen molar-refractivity contribution in [2.24, 2.45) is 0 Å². The number of anilines is 2. The average Bonchev–Trinajstić information content (AvgIpc) is 2.70. The lowest BCUT2D eigenvalue weighted by molar-refractivity contribution is 0.102. The van der Waals surface area contributed by atoms with Crippen LogP contribution in [0, 0.1) is 5.82 Å². The number of aromatic nitrogens is 1. The molecule has 0 saturated heterocycles. The van der Waals surface area contributed by atoms with Crippen molar-refractivity contribution in [3.05, 3.63) is 83.9 Å². The van der Waals surface area contributed by atoms with Crippen molar-refractivity contribution in [1.82, 2.24) is 4.98 Å². The van der Waals surface area contributed by atoms with Crippen molar-refractivity contribution in [1.29, 1.82) is 0 Å². The Morgan fingerprint density at radius 1 is 0.926 bits per heavy atom. The minimum atomic E-state index is -0.459. The number of carbonyl (C=O) groups excluding carboxylic acids is 2. The summed E-state index contributed by atoms with van der Waals surface area (Å²) in [6.45, 7) is 0. The predicted octanol–water partition coefficient (Wildman–Crippen LogP) is 3.73. The zero-order valence-corrected chi connectivity index (χ0v) is 14.4. The van der Waals surface area contributed by atoms with Gasteiger partial charge in [0.2, 0.25) is 0 Å². The highest BCUT2D eigenvalue weighted by Gasteiger charge is 2.13. The number of pyridine rings is 1. The molecule has 0 aliphatic carbocycles. The molecule has 0 fully saturated rings. The molecule has 1 aromatic heterocycles. The maximum Gasteiger partial charge on any atom is 0.274 e. The van der Waals surface area contributed by atoms with E-state index in [0.717, 1.165) is 0 Å². The van der Waals surface area contributed by atoms with Crippen LogP contribution in [0.5, 0.6) is 5.75 Å². The summed E-state index contributed by atoms with van der Waals surface area (Å²) in [6.07, 6.45) is 1.38. The van der Waals surface area contributed by atoms with Gasteiger partial charge >= 0.3 is 0 Å². The summed E-state index contributed by atoms with van der Waals surface area (Å²) >= 11 is 0. The van der Waals surface area contributed by atoms with E-state index in [0.29, 0.717) is 17.1 Å². The maximum atomic E-state index is 12.9. The van der Waals surface area contributed by atoms with Gasteiger partial charge in [-0.2, -0.15) is 0 Å². The van der Waals surface area contributed by atoms with Gasteiger partial charge in [0.1, 0.15) is 17.3 Å². The first-order valence-corrected chi connectivity index (χ1v) is 8.03. The van der Waals surface area contributed by atoms with E-state index in [1.807, 2.05) is 0 Å². The second-order valence-corrected chi connectivity index (χ2v) is 5.58. The standard InChI is InChI=1S/C20H16FN3O3/c1-27-17-4-2-3-16(12-17)24-20(26)18-11-13(9-10-22-18)19(25)23-15-7-5-14(21)6-8-15/h2-12H,1H3,(H,23,25)(H,24,26). The fourth-order valence-electron chi connectivity index (χ4n) is 2.33. The van der Waals surface area contributed by atoms with E-state index in [1.54, 1.807) is 24.3 Å². The lowest BCUT2D eigenvalue weighted by atomic mass is 10.2. The molecule has 0 bridgehead atoms. The van der Waals surface area contributed by atoms with E-state index >= 15 is 0 Å². The molecule has 2 amide bonds. The third-order valence-corrected chi connectivity index (χ3v) is 3.68.